The molecule has 0 saturated carbocycles. The van der Waals surface area contributed by atoms with E-state index in [1.807, 2.05) is 11.7 Å². The van der Waals surface area contributed by atoms with Gasteiger partial charge >= 0.3 is 0 Å². The zero-order valence-electron chi connectivity index (χ0n) is 9.33. The van der Waals surface area contributed by atoms with Crippen LogP contribution in [0.15, 0.2) is 15.9 Å². The van der Waals surface area contributed by atoms with Gasteiger partial charge in [0.1, 0.15) is 0 Å². The number of hydrogen-bond donors (Lipinski definition) is 1. The molecule has 0 unspecified atom stereocenters. The molecule has 2 aromatic rings. The first kappa shape index (κ1) is 11.8. The van der Waals surface area contributed by atoms with E-state index in [2.05, 4.69) is 39.4 Å². The Morgan fingerprint density at radius 3 is 2.88 bits per heavy atom. The summed E-state index contributed by atoms with van der Waals surface area (Å²) in [6, 6.07) is 2.13. The van der Waals surface area contributed by atoms with Gasteiger partial charge in [0.2, 0.25) is 0 Å². The summed E-state index contributed by atoms with van der Waals surface area (Å²) in [6.07, 6.45) is 0.840. The van der Waals surface area contributed by atoms with Gasteiger partial charge in [0, 0.05) is 23.3 Å². The maximum atomic E-state index is 5.58. The molecule has 0 aromatic carbocycles. The van der Waals surface area contributed by atoms with Gasteiger partial charge in [-0.2, -0.15) is 5.10 Å². The molecule has 0 amide bonds. The Labute approximate surface area is 107 Å². The van der Waals surface area contributed by atoms with Gasteiger partial charge in [0.15, 0.2) is 0 Å². The van der Waals surface area contributed by atoms with Crippen molar-refractivity contribution < 1.29 is 0 Å². The van der Waals surface area contributed by atoms with Crippen LogP contribution in [0, 0.1) is 6.92 Å². The van der Waals surface area contributed by atoms with Crippen molar-refractivity contribution in [2.45, 2.75) is 13.3 Å². The highest BCUT2D eigenvalue weighted by atomic mass is 79.9. The summed E-state index contributed by atoms with van der Waals surface area (Å²) in [4.78, 5) is 1.24. The summed E-state index contributed by atoms with van der Waals surface area (Å²) < 4.78 is 3.06. The van der Waals surface area contributed by atoms with Crippen LogP contribution in [0.2, 0.25) is 0 Å². The van der Waals surface area contributed by atoms with E-state index in [0.29, 0.717) is 6.54 Å². The minimum Gasteiger partial charge on any atom is -0.330 e. The van der Waals surface area contributed by atoms with Gasteiger partial charge in [-0.25, -0.2) is 0 Å². The molecule has 86 valence electrons. The van der Waals surface area contributed by atoms with Crippen LogP contribution in [0.25, 0.3) is 10.6 Å². The average molecular weight is 300 g/mol. The molecule has 0 aliphatic heterocycles. The molecule has 0 spiro atoms. The Bertz CT molecular complexity index is 501. The highest BCUT2D eigenvalue weighted by Crippen LogP contribution is 2.32. The molecule has 0 fully saturated rings. The number of aromatic nitrogens is 2. The summed E-state index contributed by atoms with van der Waals surface area (Å²) in [5.74, 6) is 0. The Hall–Kier alpha value is -0.650. The molecule has 16 heavy (non-hydrogen) atoms. The lowest BCUT2D eigenvalue weighted by Crippen LogP contribution is -2.04. The van der Waals surface area contributed by atoms with Crippen molar-refractivity contribution in [1.82, 2.24) is 9.78 Å². The zero-order valence-corrected chi connectivity index (χ0v) is 11.7. The van der Waals surface area contributed by atoms with Crippen molar-refractivity contribution in [2.75, 3.05) is 6.54 Å². The fraction of sp³-hybridized carbons (Fsp3) is 0.364. The second-order valence-electron chi connectivity index (χ2n) is 3.71. The molecule has 2 heterocycles. The van der Waals surface area contributed by atoms with E-state index in [9.17, 15) is 0 Å². The number of halogens is 1. The van der Waals surface area contributed by atoms with Gasteiger partial charge in [-0.1, -0.05) is 0 Å². The number of rotatable bonds is 3. The van der Waals surface area contributed by atoms with Crippen LogP contribution in [0.5, 0.6) is 0 Å². The molecule has 3 nitrogen and oxygen atoms in total. The van der Waals surface area contributed by atoms with Crippen molar-refractivity contribution in [3.05, 3.63) is 27.2 Å². The predicted molar refractivity (Wildman–Crippen MR) is 71.7 cm³/mol. The van der Waals surface area contributed by atoms with Gasteiger partial charge in [-0.3, -0.25) is 4.68 Å². The lowest BCUT2D eigenvalue weighted by molar-refractivity contribution is 0.746. The number of nitrogens with two attached hydrogens (primary N) is 1. The third-order valence-electron chi connectivity index (χ3n) is 2.56. The van der Waals surface area contributed by atoms with Crippen LogP contribution in [0.1, 0.15) is 11.3 Å². The maximum Gasteiger partial charge on any atom is 0.0811 e. The lowest BCUT2D eigenvalue weighted by Gasteiger charge is -1.99. The van der Waals surface area contributed by atoms with Crippen molar-refractivity contribution in [2.24, 2.45) is 12.8 Å². The first-order valence-electron chi connectivity index (χ1n) is 5.10. The van der Waals surface area contributed by atoms with E-state index in [1.54, 1.807) is 11.3 Å². The lowest BCUT2D eigenvalue weighted by atomic mass is 10.1. The second-order valence-corrected chi connectivity index (χ2v) is 5.54. The van der Waals surface area contributed by atoms with E-state index in [-0.39, 0.29) is 0 Å². The Balaban J connectivity index is 2.48. The van der Waals surface area contributed by atoms with Gasteiger partial charge in [-0.05, 0) is 41.0 Å². The molecule has 0 aliphatic rings. The van der Waals surface area contributed by atoms with Crippen LogP contribution in [0.3, 0.4) is 0 Å². The Morgan fingerprint density at radius 2 is 2.31 bits per heavy atom. The van der Waals surface area contributed by atoms with Crippen LogP contribution >= 0.6 is 27.3 Å². The summed E-state index contributed by atoms with van der Waals surface area (Å²) in [5.41, 5.74) is 9.11. The van der Waals surface area contributed by atoms with E-state index in [0.717, 1.165) is 16.6 Å². The number of hydrogen-bond acceptors (Lipinski definition) is 3. The third kappa shape index (κ3) is 2.07. The quantitative estimate of drug-likeness (QED) is 0.947. The molecular formula is C11H14BrN3S. The SMILES string of the molecule is Cc1c(CCN)nn(C)c1-c1cc(Br)cs1. The summed E-state index contributed by atoms with van der Waals surface area (Å²) >= 11 is 5.20. The van der Waals surface area contributed by atoms with Crippen LogP contribution in [0.4, 0.5) is 0 Å². The van der Waals surface area contributed by atoms with E-state index in [4.69, 9.17) is 5.73 Å². The molecule has 2 N–H and O–H groups in total. The van der Waals surface area contributed by atoms with Gasteiger partial charge in [0.25, 0.3) is 0 Å². The number of thiophene rings is 1. The van der Waals surface area contributed by atoms with Crippen molar-refractivity contribution in [3.63, 3.8) is 0 Å². The fourth-order valence-corrected chi connectivity index (χ4v) is 3.40. The smallest absolute Gasteiger partial charge is 0.0811 e. The van der Waals surface area contributed by atoms with Gasteiger partial charge < -0.3 is 5.73 Å². The summed E-state index contributed by atoms with van der Waals surface area (Å²) in [7, 11) is 1.98. The highest BCUT2D eigenvalue weighted by molar-refractivity contribution is 9.10. The standard InChI is InChI=1S/C11H14BrN3S/c1-7-9(3-4-13)14-15(2)11(7)10-5-8(12)6-16-10/h5-6H,3-4,13H2,1-2H3. The molecule has 0 bridgehead atoms. The van der Waals surface area contributed by atoms with E-state index < -0.39 is 0 Å². The zero-order chi connectivity index (χ0) is 11.7. The Kier molecular flexibility index (Phi) is 3.47. The third-order valence-corrected chi connectivity index (χ3v) is 4.26. The fourth-order valence-electron chi connectivity index (χ4n) is 1.84. The highest BCUT2D eigenvalue weighted by Gasteiger charge is 2.14. The first-order chi connectivity index (χ1) is 7.63. The second kappa shape index (κ2) is 4.69. The molecule has 2 aromatic heterocycles. The molecule has 2 rings (SSSR count). The maximum absolute atomic E-state index is 5.58. The van der Waals surface area contributed by atoms with Crippen LogP contribution < -0.4 is 5.73 Å². The molecule has 0 aliphatic carbocycles. The molecule has 0 atom stereocenters. The van der Waals surface area contributed by atoms with Crippen LogP contribution in [-0.2, 0) is 13.5 Å². The van der Waals surface area contributed by atoms with Gasteiger partial charge in [-0.15, -0.1) is 11.3 Å². The number of aryl methyl sites for hydroxylation is 1. The first-order valence-corrected chi connectivity index (χ1v) is 6.77. The topological polar surface area (TPSA) is 43.8 Å². The van der Waals surface area contributed by atoms with Crippen molar-refractivity contribution in [3.8, 4) is 10.6 Å². The van der Waals surface area contributed by atoms with E-state index in [1.165, 1.54) is 16.1 Å². The van der Waals surface area contributed by atoms with Crippen molar-refractivity contribution in [1.29, 1.82) is 0 Å². The molecule has 5 heteroatoms. The summed E-state index contributed by atoms with van der Waals surface area (Å²) in [6.45, 7) is 2.76. The molecular weight excluding hydrogens is 286 g/mol. The largest absolute Gasteiger partial charge is 0.330 e. The molecule has 0 saturated heterocycles. The predicted octanol–water partition coefficient (Wildman–Crippen LogP) is 2.72. The van der Waals surface area contributed by atoms with Crippen molar-refractivity contribution >= 4 is 27.3 Å². The molecule has 0 radical (unpaired) electrons. The minimum absolute atomic E-state index is 0.644. The van der Waals surface area contributed by atoms with E-state index >= 15 is 0 Å². The normalized spacial score (nSPS) is 11.0. The number of nitrogens with zero attached hydrogens (tertiary/aromatic N) is 2. The van der Waals surface area contributed by atoms with Crippen LogP contribution in [-0.4, -0.2) is 16.3 Å². The summed E-state index contributed by atoms with van der Waals surface area (Å²) in [5, 5.41) is 6.60. The monoisotopic (exact) mass is 299 g/mol. The minimum atomic E-state index is 0.644. The average Bonchev–Trinajstić information content (AvgIpc) is 2.74. The van der Waals surface area contributed by atoms with Gasteiger partial charge in [0.05, 0.1) is 16.3 Å². The Morgan fingerprint density at radius 1 is 1.56 bits per heavy atom.